The smallest absolute Gasteiger partial charge is 0.323 e. The Labute approximate surface area is 170 Å². The van der Waals surface area contributed by atoms with Crippen molar-refractivity contribution in [2.75, 3.05) is 10.6 Å². The van der Waals surface area contributed by atoms with Gasteiger partial charge in [0.2, 0.25) is 0 Å². The van der Waals surface area contributed by atoms with Gasteiger partial charge in [0.1, 0.15) is 5.75 Å². The topological polar surface area (TPSA) is 95.5 Å². The summed E-state index contributed by atoms with van der Waals surface area (Å²) in [6.07, 6.45) is 0. The van der Waals surface area contributed by atoms with Gasteiger partial charge in [0.05, 0.1) is 10.6 Å². The van der Waals surface area contributed by atoms with Crippen LogP contribution < -0.4 is 10.6 Å². The Morgan fingerprint density at radius 1 is 0.897 bits per heavy atom. The van der Waals surface area contributed by atoms with Crippen molar-refractivity contribution in [2.24, 2.45) is 0 Å². The van der Waals surface area contributed by atoms with Crippen molar-refractivity contribution in [1.29, 1.82) is 0 Å². The van der Waals surface area contributed by atoms with E-state index in [2.05, 4.69) is 10.6 Å². The number of anilines is 2. The van der Waals surface area contributed by atoms with Gasteiger partial charge in [-0.1, -0.05) is 35.9 Å². The lowest BCUT2D eigenvalue weighted by Gasteiger charge is -2.12. The molecule has 29 heavy (non-hydrogen) atoms. The lowest BCUT2D eigenvalue weighted by Crippen LogP contribution is -2.19. The van der Waals surface area contributed by atoms with E-state index in [0.717, 1.165) is 5.56 Å². The number of aromatic hydroxyl groups is 1. The van der Waals surface area contributed by atoms with E-state index in [1.54, 1.807) is 43.3 Å². The Morgan fingerprint density at radius 3 is 2.24 bits per heavy atom. The number of aryl methyl sites for hydroxylation is 2. The molecule has 6 nitrogen and oxygen atoms in total. The number of carbonyl (C=O) groups excluding carboxylic acids is 1. The summed E-state index contributed by atoms with van der Waals surface area (Å²) in [6, 6.07) is 17.8. The zero-order valence-corrected chi connectivity index (χ0v) is 17.0. The average Bonchev–Trinajstić information content (AvgIpc) is 2.65. The second-order valence-corrected chi connectivity index (χ2v) is 8.81. The molecule has 0 fully saturated rings. The Morgan fingerprint density at radius 2 is 1.55 bits per heavy atom. The van der Waals surface area contributed by atoms with Crippen LogP contribution >= 0.6 is 0 Å². The van der Waals surface area contributed by atoms with Crippen molar-refractivity contribution in [3.8, 4) is 5.75 Å². The quantitative estimate of drug-likeness (QED) is 0.572. The molecule has 0 atom stereocenters. The number of rotatable bonds is 5. The first-order valence-electron chi connectivity index (χ1n) is 8.99. The summed E-state index contributed by atoms with van der Waals surface area (Å²) in [4.78, 5) is 12.4. The van der Waals surface area contributed by atoms with Gasteiger partial charge in [-0.3, -0.25) is 0 Å². The first-order valence-corrected chi connectivity index (χ1v) is 10.6. The summed E-state index contributed by atoms with van der Waals surface area (Å²) in [7, 11) is -3.67. The molecular formula is C22H22N2O4S. The number of urea groups is 1. The molecule has 2 amide bonds. The van der Waals surface area contributed by atoms with Crippen molar-refractivity contribution in [2.45, 2.75) is 24.5 Å². The number of sulfone groups is 1. The fraction of sp³-hybridized carbons (Fsp3) is 0.136. The fourth-order valence-corrected chi connectivity index (χ4v) is 4.53. The summed E-state index contributed by atoms with van der Waals surface area (Å²) in [5.74, 6) is -0.237. The third kappa shape index (κ3) is 5.36. The van der Waals surface area contributed by atoms with Gasteiger partial charge in [-0.15, -0.1) is 0 Å². The predicted molar refractivity (Wildman–Crippen MR) is 114 cm³/mol. The number of phenols is 1. The molecule has 0 heterocycles. The van der Waals surface area contributed by atoms with Crippen LogP contribution in [-0.2, 0) is 15.6 Å². The van der Waals surface area contributed by atoms with Crippen molar-refractivity contribution in [1.82, 2.24) is 0 Å². The van der Waals surface area contributed by atoms with Gasteiger partial charge < -0.3 is 15.7 Å². The monoisotopic (exact) mass is 410 g/mol. The van der Waals surface area contributed by atoms with E-state index < -0.39 is 15.9 Å². The highest BCUT2D eigenvalue weighted by Crippen LogP contribution is 2.25. The van der Waals surface area contributed by atoms with Gasteiger partial charge in [0.25, 0.3) is 0 Å². The molecule has 0 aromatic heterocycles. The number of hydrogen-bond donors (Lipinski definition) is 3. The number of carbonyl (C=O) groups is 1. The molecule has 0 aliphatic heterocycles. The van der Waals surface area contributed by atoms with Crippen molar-refractivity contribution in [3.05, 3.63) is 83.4 Å². The van der Waals surface area contributed by atoms with Gasteiger partial charge >= 0.3 is 6.03 Å². The molecule has 3 aromatic carbocycles. The number of hydrogen-bond acceptors (Lipinski definition) is 4. The summed E-state index contributed by atoms with van der Waals surface area (Å²) in [5.41, 5.74) is 3.15. The first-order chi connectivity index (χ1) is 13.7. The highest BCUT2D eigenvalue weighted by molar-refractivity contribution is 7.90. The SMILES string of the molecule is Cc1ccc(NC(=O)Nc2ccc(C)c(S(=O)(=O)Cc3cccc(O)c3)c2)cc1. The molecule has 3 aromatic rings. The predicted octanol–water partition coefficient (Wildman–Crippen LogP) is 4.63. The van der Waals surface area contributed by atoms with Crippen molar-refractivity contribution >= 4 is 27.2 Å². The highest BCUT2D eigenvalue weighted by atomic mass is 32.2. The maximum Gasteiger partial charge on any atom is 0.323 e. The number of amides is 2. The maximum atomic E-state index is 12.9. The maximum absolute atomic E-state index is 12.9. The molecule has 7 heteroatoms. The van der Waals surface area contributed by atoms with Gasteiger partial charge in [-0.05, 0) is 61.4 Å². The number of nitrogens with one attached hydrogen (secondary N) is 2. The van der Waals surface area contributed by atoms with Gasteiger partial charge in [-0.2, -0.15) is 0 Å². The van der Waals surface area contributed by atoms with E-state index in [1.165, 1.54) is 18.2 Å². The second-order valence-electron chi connectivity index (χ2n) is 6.85. The van der Waals surface area contributed by atoms with E-state index >= 15 is 0 Å². The lowest BCUT2D eigenvalue weighted by molar-refractivity contribution is 0.262. The fourth-order valence-electron chi connectivity index (χ4n) is 2.89. The normalized spacial score (nSPS) is 11.1. The van der Waals surface area contributed by atoms with E-state index in [-0.39, 0.29) is 16.4 Å². The third-order valence-corrected chi connectivity index (χ3v) is 6.18. The van der Waals surface area contributed by atoms with E-state index in [4.69, 9.17) is 0 Å². The molecule has 0 unspecified atom stereocenters. The Hall–Kier alpha value is -3.32. The standard InChI is InChI=1S/C22H22N2O4S/c1-15-6-9-18(10-7-15)23-22(26)24-19-11-8-16(2)21(13-19)29(27,28)14-17-4-3-5-20(25)12-17/h3-13,25H,14H2,1-2H3,(H2,23,24,26). The molecule has 150 valence electrons. The summed E-state index contributed by atoms with van der Waals surface area (Å²) < 4.78 is 25.8. The van der Waals surface area contributed by atoms with Crippen LogP contribution in [0.3, 0.4) is 0 Å². The minimum atomic E-state index is -3.67. The zero-order valence-electron chi connectivity index (χ0n) is 16.1. The summed E-state index contributed by atoms with van der Waals surface area (Å²) in [5, 5.41) is 14.9. The van der Waals surface area contributed by atoms with Crippen LogP contribution in [0.2, 0.25) is 0 Å². The van der Waals surface area contributed by atoms with Crippen LogP contribution in [0.5, 0.6) is 5.75 Å². The van der Waals surface area contributed by atoms with Crippen molar-refractivity contribution < 1.29 is 18.3 Å². The Bertz CT molecular complexity index is 1140. The van der Waals surface area contributed by atoms with E-state index in [1.807, 2.05) is 19.1 Å². The minimum absolute atomic E-state index is 0.0117. The van der Waals surface area contributed by atoms with Gasteiger partial charge in [0.15, 0.2) is 9.84 Å². The van der Waals surface area contributed by atoms with E-state index in [9.17, 15) is 18.3 Å². The summed E-state index contributed by atoms with van der Waals surface area (Å²) in [6.45, 7) is 3.65. The molecular weight excluding hydrogens is 388 g/mol. The molecule has 0 aliphatic rings. The molecule has 0 spiro atoms. The van der Waals surface area contributed by atoms with Crippen LogP contribution in [-0.4, -0.2) is 19.6 Å². The molecule has 3 rings (SSSR count). The Kier molecular flexibility index (Phi) is 5.89. The molecule has 0 aliphatic carbocycles. The van der Waals surface area contributed by atoms with Gasteiger partial charge in [-0.25, -0.2) is 13.2 Å². The molecule has 0 radical (unpaired) electrons. The molecule has 0 saturated heterocycles. The number of benzene rings is 3. The van der Waals surface area contributed by atoms with Crippen LogP contribution in [0.15, 0.2) is 71.6 Å². The third-order valence-electron chi connectivity index (χ3n) is 4.36. The minimum Gasteiger partial charge on any atom is -0.508 e. The molecule has 0 saturated carbocycles. The largest absolute Gasteiger partial charge is 0.508 e. The lowest BCUT2D eigenvalue weighted by atomic mass is 10.2. The van der Waals surface area contributed by atoms with Gasteiger partial charge in [0, 0.05) is 11.4 Å². The zero-order chi connectivity index (χ0) is 21.0. The molecule has 3 N–H and O–H groups in total. The molecule has 0 bridgehead atoms. The first kappa shape index (κ1) is 20.4. The van der Waals surface area contributed by atoms with Crippen LogP contribution in [0.25, 0.3) is 0 Å². The summed E-state index contributed by atoms with van der Waals surface area (Å²) >= 11 is 0. The van der Waals surface area contributed by atoms with Crippen LogP contribution in [0, 0.1) is 13.8 Å². The second kappa shape index (κ2) is 8.36. The van der Waals surface area contributed by atoms with Crippen molar-refractivity contribution in [3.63, 3.8) is 0 Å². The highest BCUT2D eigenvalue weighted by Gasteiger charge is 2.19. The Balaban J connectivity index is 1.78. The van der Waals surface area contributed by atoms with E-state index in [0.29, 0.717) is 22.5 Å². The van der Waals surface area contributed by atoms with Crippen LogP contribution in [0.4, 0.5) is 16.2 Å². The number of phenolic OH excluding ortho intramolecular Hbond substituents is 1. The average molecular weight is 410 g/mol. The van der Waals surface area contributed by atoms with Crippen LogP contribution in [0.1, 0.15) is 16.7 Å².